The maximum atomic E-state index is 12.3. The van der Waals surface area contributed by atoms with Crippen LogP contribution >= 0.6 is 0 Å². The number of likely N-dealkylation sites (tertiary alicyclic amines) is 1. The molecule has 4 nitrogen and oxygen atoms in total. The number of amides is 1. The minimum atomic E-state index is -0.226. The molecule has 0 radical (unpaired) electrons. The highest BCUT2D eigenvalue weighted by atomic mass is 16.5. The van der Waals surface area contributed by atoms with Crippen molar-refractivity contribution in [3.8, 4) is 0 Å². The lowest BCUT2D eigenvalue weighted by molar-refractivity contribution is -0.144. The van der Waals surface area contributed by atoms with E-state index in [1.807, 2.05) is 32.0 Å². The fourth-order valence-corrected chi connectivity index (χ4v) is 2.36. The summed E-state index contributed by atoms with van der Waals surface area (Å²) in [5, 5.41) is 0. The molecular weight excluding hydrogens is 242 g/mol. The summed E-state index contributed by atoms with van der Waals surface area (Å²) < 4.78 is 4.73. The van der Waals surface area contributed by atoms with Crippen LogP contribution in [0.2, 0.25) is 0 Å². The van der Waals surface area contributed by atoms with E-state index in [-0.39, 0.29) is 17.8 Å². The summed E-state index contributed by atoms with van der Waals surface area (Å²) in [4.78, 5) is 25.5. The van der Waals surface area contributed by atoms with Crippen LogP contribution in [0.25, 0.3) is 0 Å². The van der Waals surface area contributed by atoms with Gasteiger partial charge < -0.3 is 9.64 Å². The number of nitrogens with zero attached hydrogens (tertiary/aromatic N) is 1. The molecule has 0 spiro atoms. The third-order valence-corrected chi connectivity index (χ3v) is 3.76. The second kappa shape index (κ2) is 5.43. The van der Waals surface area contributed by atoms with Crippen LogP contribution in [0.15, 0.2) is 18.2 Å². The van der Waals surface area contributed by atoms with Crippen LogP contribution in [-0.4, -0.2) is 37.0 Å². The van der Waals surface area contributed by atoms with Crippen molar-refractivity contribution in [3.05, 3.63) is 34.9 Å². The van der Waals surface area contributed by atoms with Crippen LogP contribution in [0, 0.1) is 19.8 Å². The molecule has 1 aliphatic heterocycles. The van der Waals surface area contributed by atoms with E-state index < -0.39 is 0 Å². The number of carbonyl (C=O) groups excluding carboxylic acids is 2. The highest BCUT2D eigenvalue weighted by molar-refractivity contribution is 5.95. The van der Waals surface area contributed by atoms with E-state index in [2.05, 4.69) is 0 Å². The average molecular weight is 261 g/mol. The highest BCUT2D eigenvalue weighted by Gasteiger charge is 2.32. The Bertz CT molecular complexity index is 510. The zero-order chi connectivity index (χ0) is 14.0. The number of hydrogen-bond donors (Lipinski definition) is 0. The molecule has 102 valence electrons. The Morgan fingerprint density at radius 1 is 1.26 bits per heavy atom. The molecule has 1 fully saturated rings. The molecule has 2 rings (SSSR count). The Morgan fingerprint density at radius 2 is 2.00 bits per heavy atom. The third-order valence-electron chi connectivity index (χ3n) is 3.76. The second-order valence-corrected chi connectivity index (χ2v) is 5.06. The topological polar surface area (TPSA) is 46.6 Å². The van der Waals surface area contributed by atoms with Crippen molar-refractivity contribution >= 4 is 11.9 Å². The van der Waals surface area contributed by atoms with Gasteiger partial charge in [0.25, 0.3) is 5.91 Å². The van der Waals surface area contributed by atoms with Crippen LogP contribution in [-0.2, 0) is 9.53 Å². The quantitative estimate of drug-likeness (QED) is 0.764. The molecule has 1 atom stereocenters. The first kappa shape index (κ1) is 13.6. The number of carbonyl (C=O) groups is 2. The van der Waals surface area contributed by atoms with Crippen LogP contribution in [0.3, 0.4) is 0 Å². The first-order valence-corrected chi connectivity index (χ1v) is 6.47. The van der Waals surface area contributed by atoms with Gasteiger partial charge in [0.2, 0.25) is 0 Å². The van der Waals surface area contributed by atoms with Crippen molar-refractivity contribution in [2.45, 2.75) is 20.3 Å². The molecule has 1 heterocycles. The average Bonchev–Trinajstić information content (AvgIpc) is 2.89. The van der Waals surface area contributed by atoms with E-state index in [0.717, 1.165) is 5.56 Å². The summed E-state index contributed by atoms with van der Waals surface area (Å²) in [6.07, 6.45) is 0.684. The highest BCUT2D eigenvalue weighted by Crippen LogP contribution is 2.20. The zero-order valence-corrected chi connectivity index (χ0v) is 11.6. The first-order valence-electron chi connectivity index (χ1n) is 6.47. The van der Waals surface area contributed by atoms with Gasteiger partial charge in [0.1, 0.15) is 0 Å². The fourth-order valence-electron chi connectivity index (χ4n) is 2.36. The van der Waals surface area contributed by atoms with Crippen molar-refractivity contribution in [2.75, 3.05) is 20.2 Å². The molecule has 1 aromatic carbocycles. The lowest BCUT2D eigenvalue weighted by atomic mass is 10.1. The van der Waals surface area contributed by atoms with Gasteiger partial charge in [-0.15, -0.1) is 0 Å². The normalized spacial score (nSPS) is 18.5. The molecular formula is C15H19NO3. The van der Waals surface area contributed by atoms with Gasteiger partial charge in [0, 0.05) is 18.7 Å². The van der Waals surface area contributed by atoms with Crippen LogP contribution in [0.1, 0.15) is 27.9 Å². The van der Waals surface area contributed by atoms with Crippen molar-refractivity contribution in [2.24, 2.45) is 5.92 Å². The predicted octanol–water partition coefficient (Wildman–Crippen LogP) is 1.94. The lowest BCUT2D eigenvalue weighted by Crippen LogP contribution is -2.30. The Balaban J connectivity index is 2.09. The number of benzene rings is 1. The monoisotopic (exact) mass is 261 g/mol. The molecule has 0 saturated carbocycles. The van der Waals surface area contributed by atoms with Gasteiger partial charge in [0.05, 0.1) is 13.0 Å². The standard InChI is InChI=1S/C15H19NO3/c1-10-4-5-12(8-11(10)2)14(17)16-7-6-13(9-16)15(18)19-3/h4-5,8,13H,6-7,9H2,1-3H3. The van der Waals surface area contributed by atoms with Gasteiger partial charge in [-0.25, -0.2) is 0 Å². The van der Waals surface area contributed by atoms with E-state index >= 15 is 0 Å². The van der Waals surface area contributed by atoms with E-state index in [4.69, 9.17) is 4.74 Å². The van der Waals surface area contributed by atoms with E-state index in [1.165, 1.54) is 12.7 Å². The van der Waals surface area contributed by atoms with E-state index in [9.17, 15) is 9.59 Å². The molecule has 1 unspecified atom stereocenters. The number of hydrogen-bond acceptors (Lipinski definition) is 3. The summed E-state index contributed by atoms with van der Waals surface area (Å²) in [6.45, 7) is 5.09. The molecule has 4 heteroatoms. The van der Waals surface area contributed by atoms with Gasteiger partial charge in [-0.2, -0.15) is 0 Å². The van der Waals surface area contributed by atoms with Crippen LogP contribution in [0.4, 0.5) is 0 Å². The van der Waals surface area contributed by atoms with Crippen molar-refractivity contribution < 1.29 is 14.3 Å². The molecule has 0 bridgehead atoms. The summed E-state index contributed by atoms with van der Waals surface area (Å²) in [6, 6.07) is 5.70. The maximum Gasteiger partial charge on any atom is 0.310 e. The Labute approximate surface area is 113 Å². The molecule has 0 N–H and O–H groups in total. The van der Waals surface area contributed by atoms with Crippen LogP contribution < -0.4 is 0 Å². The summed E-state index contributed by atoms with van der Waals surface area (Å²) in [5.74, 6) is -0.412. The summed E-state index contributed by atoms with van der Waals surface area (Å²) in [7, 11) is 1.39. The predicted molar refractivity (Wildman–Crippen MR) is 71.9 cm³/mol. The number of aryl methyl sites for hydroxylation is 2. The smallest absolute Gasteiger partial charge is 0.310 e. The van der Waals surface area contributed by atoms with Gasteiger partial charge in [-0.05, 0) is 43.5 Å². The van der Waals surface area contributed by atoms with Gasteiger partial charge in [0.15, 0.2) is 0 Å². The van der Waals surface area contributed by atoms with Gasteiger partial charge >= 0.3 is 5.97 Å². The van der Waals surface area contributed by atoms with Gasteiger partial charge in [-0.3, -0.25) is 9.59 Å². The Hall–Kier alpha value is -1.84. The Morgan fingerprint density at radius 3 is 2.63 bits per heavy atom. The maximum absolute atomic E-state index is 12.3. The van der Waals surface area contributed by atoms with Crippen molar-refractivity contribution in [3.63, 3.8) is 0 Å². The molecule has 1 saturated heterocycles. The summed E-state index contributed by atoms with van der Waals surface area (Å²) >= 11 is 0. The van der Waals surface area contributed by atoms with Crippen molar-refractivity contribution in [1.82, 2.24) is 4.90 Å². The number of esters is 1. The van der Waals surface area contributed by atoms with E-state index in [0.29, 0.717) is 25.1 Å². The largest absolute Gasteiger partial charge is 0.469 e. The van der Waals surface area contributed by atoms with Gasteiger partial charge in [-0.1, -0.05) is 6.07 Å². The third kappa shape index (κ3) is 2.78. The Kier molecular flexibility index (Phi) is 3.88. The SMILES string of the molecule is COC(=O)C1CCN(C(=O)c2ccc(C)c(C)c2)C1. The zero-order valence-electron chi connectivity index (χ0n) is 11.6. The number of methoxy groups -OCH3 is 1. The molecule has 0 aromatic heterocycles. The minimum absolute atomic E-state index is 0.00509. The number of rotatable bonds is 2. The van der Waals surface area contributed by atoms with E-state index in [1.54, 1.807) is 4.90 Å². The second-order valence-electron chi connectivity index (χ2n) is 5.06. The molecule has 0 aliphatic carbocycles. The van der Waals surface area contributed by atoms with Crippen LogP contribution in [0.5, 0.6) is 0 Å². The lowest BCUT2D eigenvalue weighted by Gasteiger charge is -2.16. The van der Waals surface area contributed by atoms with Crippen molar-refractivity contribution in [1.29, 1.82) is 0 Å². The first-order chi connectivity index (χ1) is 9.02. The molecule has 1 aromatic rings. The fraction of sp³-hybridized carbons (Fsp3) is 0.467. The molecule has 19 heavy (non-hydrogen) atoms. The summed E-state index contributed by atoms with van der Waals surface area (Å²) in [5.41, 5.74) is 2.97. The molecule has 1 aliphatic rings. The molecule has 1 amide bonds. The minimum Gasteiger partial charge on any atom is -0.469 e. The number of ether oxygens (including phenoxy) is 1.